The molecule has 1 aliphatic heterocycles. The Balaban J connectivity index is 1.64. The van der Waals surface area contributed by atoms with Crippen molar-refractivity contribution in [3.8, 4) is 11.5 Å². The number of ether oxygens (including phenoxy) is 2. The highest BCUT2D eigenvalue weighted by molar-refractivity contribution is 5.95. The standard InChI is InChI=1S/C20H23F3N4O3/c1-12-24-17(20(21,22)23)11-18(25-12)27-6-4-14(5-7-27)26-19(28)13-8-15(29-2)10-16(9-13)30-3/h8-11,14H,4-7H2,1-3H3,(H,26,28). The van der Waals surface area contributed by atoms with Crippen LogP contribution in [0.3, 0.4) is 0 Å². The van der Waals surface area contributed by atoms with Gasteiger partial charge >= 0.3 is 6.18 Å². The van der Waals surface area contributed by atoms with Crippen molar-refractivity contribution in [1.82, 2.24) is 15.3 Å². The minimum absolute atomic E-state index is 0.0715. The number of hydrogen-bond acceptors (Lipinski definition) is 6. The molecule has 1 amide bonds. The van der Waals surface area contributed by atoms with E-state index in [0.717, 1.165) is 6.07 Å². The minimum atomic E-state index is -4.52. The first kappa shape index (κ1) is 21.7. The normalized spacial score (nSPS) is 15.1. The third-order valence-corrected chi connectivity index (χ3v) is 4.88. The summed E-state index contributed by atoms with van der Waals surface area (Å²) < 4.78 is 49.4. The first-order valence-corrected chi connectivity index (χ1v) is 9.41. The Kier molecular flexibility index (Phi) is 6.33. The summed E-state index contributed by atoms with van der Waals surface area (Å²) in [6, 6.07) is 5.78. The highest BCUT2D eigenvalue weighted by Crippen LogP contribution is 2.30. The molecule has 7 nitrogen and oxygen atoms in total. The summed E-state index contributed by atoms with van der Waals surface area (Å²) in [6.45, 7) is 2.38. The maximum Gasteiger partial charge on any atom is 0.433 e. The van der Waals surface area contributed by atoms with Crippen molar-refractivity contribution in [2.24, 2.45) is 0 Å². The number of hydrogen-bond donors (Lipinski definition) is 1. The number of carbonyl (C=O) groups excluding carboxylic acids is 1. The number of piperidine rings is 1. The topological polar surface area (TPSA) is 76.6 Å². The zero-order valence-electron chi connectivity index (χ0n) is 16.9. The van der Waals surface area contributed by atoms with E-state index in [1.54, 1.807) is 23.1 Å². The number of alkyl halides is 3. The zero-order chi connectivity index (χ0) is 21.9. The van der Waals surface area contributed by atoms with E-state index in [1.807, 2.05) is 0 Å². The van der Waals surface area contributed by atoms with Gasteiger partial charge in [0.05, 0.1) is 14.2 Å². The molecule has 0 atom stereocenters. The van der Waals surface area contributed by atoms with Gasteiger partial charge in [0.25, 0.3) is 5.91 Å². The molecular weight excluding hydrogens is 401 g/mol. The van der Waals surface area contributed by atoms with E-state index in [1.165, 1.54) is 21.1 Å². The number of aromatic nitrogens is 2. The first-order chi connectivity index (χ1) is 14.2. The Morgan fingerprint density at radius 1 is 1.07 bits per heavy atom. The molecule has 0 aliphatic carbocycles. The molecule has 1 aromatic carbocycles. The molecule has 2 heterocycles. The molecule has 0 spiro atoms. The van der Waals surface area contributed by atoms with Gasteiger partial charge in [0, 0.05) is 36.8 Å². The monoisotopic (exact) mass is 424 g/mol. The van der Waals surface area contributed by atoms with E-state index in [4.69, 9.17) is 9.47 Å². The minimum Gasteiger partial charge on any atom is -0.497 e. The van der Waals surface area contributed by atoms with Crippen molar-refractivity contribution < 1.29 is 27.4 Å². The van der Waals surface area contributed by atoms with Crippen LogP contribution in [0.4, 0.5) is 19.0 Å². The van der Waals surface area contributed by atoms with Gasteiger partial charge in [-0.2, -0.15) is 13.2 Å². The number of aryl methyl sites for hydroxylation is 1. The van der Waals surface area contributed by atoms with Gasteiger partial charge in [0.1, 0.15) is 28.8 Å². The number of methoxy groups -OCH3 is 2. The molecule has 1 aliphatic rings. The summed E-state index contributed by atoms with van der Waals surface area (Å²) in [6.07, 6.45) is -3.36. The fourth-order valence-corrected chi connectivity index (χ4v) is 3.32. The summed E-state index contributed by atoms with van der Waals surface area (Å²) in [5.41, 5.74) is -0.540. The largest absolute Gasteiger partial charge is 0.497 e. The van der Waals surface area contributed by atoms with E-state index in [2.05, 4.69) is 15.3 Å². The quantitative estimate of drug-likeness (QED) is 0.794. The molecule has 10 heteroatoms. The molecule has 1 saturated heterocycles. The van der Waals surface area contributed by atoms with Gasteiger partial charge in [-0.1, -0.05) is 0 Å². The Morgan fingerprint density at radius 3 is 2.20 bits per heavy atom. The van der Waals surface area contributed by atoms with Gasteiger partial charge in [-0.15, -0.1) is 0 Å². The van der Waals surface area contributed by atoms with Crippen LogP contribution < -0.4 is 19.7 Å². The number of carbonyl (C=O) groups is 1. The first-order valence-electron chi connectivity index (χ1n) is 9.41. The molecule has 2 aromatic rings. The number of rotatable bonds is 5. The molecule has 0 radical (unpaired) electrons. The fraction of sp³-hybridized carbons (Fsp3) is 0.450. The van der Waals surface area contributed by atoms with Gasteiger partial charge in [-0.25, -0.2) is 9.97 Å². The van der Waals surface area contributed by atoms with Crippen molar-refractivity contribution >= 4 is 11.7 Å². The van der Waals surface area contributed by atoms with Crippen LogP contribution in [0.2, 0.25) is 0 Å². The van der Waals surface area contributed by atoms with Crippen molar-refractivity contribution in [3.63, 3.8) is 0 Å². The van der Waals surface area contributed by atoms with E-state index >= 15 is 0 Å². The van der Waals surface area contributed by atoms with Crippen LogP contribution in [0.25, 0.3) is 0 Å². The Hall–Kier alpha value is -3.04. The molecule has 3 rings (SSSR count). The molecule has 1 fully saturated rings. The Labute approximate surface area is 172 Å². The van der Waals surface area contributed by atoms with Crippen LogP contribution in [0, 0.1) is 6.92 Å². The number of nitrogens with zero attached hydrogens (tertiary/aromatic N) is 3. The summed E-state index contributed by atoms with van der Waals surface area (Å²) in [7, 11) is 3.01. The lowest BCUT2D eigenvalue weighted by atomic mass is 10.0. The van der Waals surface area contributed by atoms with Gasteiger partial charge in [0.15, 0.2) is 0 Å². The predicted octanol–water partition coefficient (Wildman–Crippen LogP) is 3.22. The molecule has 0 bridgehead atoms. The Morgan fingerprint density at radius 2 is 1.67 bits per heavy atom. The smallest absolute Gasteiger partial charge is 0.433 e. The third-order valence-electron chi connectivity index (χ3n) is 4.88. The number of anilines is 1. The van der Waals surface area contributed by atoms with Crippen LogP contribution >= 0.6 is 0 Å². The molecule has 0 unspecified atom stereocenters. The average molecular weight is 424 g/mol. The molecule has 30 heavy (non-hydrogen) atoms. The lowest BCUT2D eigenvalue weighted by Gasteiger charge is -2.33. The van der Waals surface area contributed by atoms with E-state index in [-0.39, 0.29) is 23.6 Å². The van der Waals surface area contributed by atoms with Crippen molar-refractivity contribution in [2.75, 3.05) is 32.2 Å². The number of nitrogens with one attached hydrogen (secondary N) is 1. The molecule has 0 saturated carbocycles. The molecule has 162 valence electrons. The third kappa shape index (κ3) is 5.11. The number of benzene rings is 1. The summed E-state index contributed by atoms with van der Waals surface area (Å²) in [5.74, 6) is 1.07. The highest BCUT2D eigenvalue weighted by atomic mass is 19.4. The summed E-state index contributed by atoms with van der Waals surface area (Å²) >= 11 is 0. The van der Waals surface area contributed by atoms with Gasteiger partial charge < -0.3 is 19.7 Å². The van der Waals surface area contributed by atoms with Crippen LogP contribution in [-0.2, 0) is 6.18 Å². The average Bonchev–Trinajstić information content (AvgIpc) is 2.72. The van der Waals surface area contributed by atoms with Crippen LogP contribution in [0.15, 0.2) is 24.3 Å². The number of halogens is 3. The maximum absolute atomic E-state index is 13.0. The fourth-order valence-electron chi connectivity index (χ4n) is 3.32. The van der Waals surface area contributed by atoms with Gasteiger partial charge in [-0.3, -0.25) is 4.79 Å². The molecule has 1 aromatic heterocycles. The molecular formula is C20H23F3N4O3. The van der Waals surface area contributed by atoms with Crippen molar-refractivity contribution in [2.45, 2.75) is 32.0 Å². The van der Waals surface area contributed by atoms with E-state index in [9.17, 15) is 18.0 Å². The number of amides is 1. The highest BCUT2D eigenvalue weighted by Gasteiger charge is 2.34. The van der Waals surface area contributed by atoms with Crippen molar-refractivity contribution in [3.05, 3.63) is 41.3 Å². The van der Waals surface area contributed by atoms with Gasteiger partial charge in [0.2, 0.25) is 0 Å². The Bertz CT molecular complexity index is 890. The lowest BCUT2D eigenvalue weighted by molar-refractivity contribution is -0.141. The van der Waals surface area contributed by atoms with Crippen LogP contribution in [0.1, 0.15) is 34.7 Å². The SMILES string of the molecule is COc1cc(OC)cc(C(=O)NC2CCN(c3cc(C(F)(F)F)nc(C)n3)CC2)c1. The predicted molar refractivity (Wildman–Crippen MR) is 104 cm³/mol. The lowest BCUT2D eigenvalue weighted by Crippen LogP contribution is -2.45. The summed E-state index contributed by atoms with van der Waals surface area (Å²) in [4.78, 5) is 22.0. The van der Waals surface area contributed by atoms with Crippen molar-refractivity contribution in [1.29, 1.82) is 0 Å². The molecule has 1 N–H and O–H groups in total. The second-order valence-corrected chi connectivity index (χ2v) is 6.99. The summed E-state index contributed by atoms with van der Waals surface area (Å²) in [5, 5.41) is 2.97. The zero-order valence-corrected chi connectivity index (χ0v) is 16.9. The van der Waals surface area contributed by atoms with E-state index in [0.29, 0.717) is 43.0 Å². The van der Waals surface area contributed by atoms with Crippen LogP contribution in [-0.4, -0.2) is 49.2 Å². The van der Waals surface area contributed by atoms with E-state index < -0.39 is 11.9 Å². The second kappa shape index (κ2) is 8.76. The van der Waals surface area contributed by atoms with Gasteiger partial charge in [-0.05, 0) is 31.9 Å². The maximum atomic E-state index is 13.0. The van der Waals surface area contributed by atoms with Crippen LogP contribution in [0.5, 0.6) is 11.5 Å². The second-order valence-electron chi connectivity index (χ2n) is 6.99.